The van der Waals surface area contributed by atoms with Crippen LogP contribution in [0.3, 0.4) is 0 Å². The van der Waals surface area contributed by atoms with Crippen molar-refractivity contribution in [1.29, 1.82) is 0 Å². The highest BCUT2D eigenvalue weighted by Crippen LogP contribution is 2.48. The minimum absolute atomic E-state index is 0.254. The van der Waals surface area contributed by atoms with Crippen molar-refractivity contribution in [3.05, 3.63) is 76.6 Å². The number of fused-ring (bicyclic) bond motifs is 2. The molecule has 2 atom stereocenters. The molecule has 2 bridgehead atoms. The number of nitrogens with one attached hydrogen (secondary N) is 1. The fourth-order valence-corrected chi connectivity index (χ4v) is 4.81. The molecule has 0 saturated carbocycles. The minimum atomic E-state index is 0.254. The highest BCUT2D eigenvalue weighted by Gasteiger charge is 2.38. The maximum Gasteiger partial charge on any atom is 0.136 e. The first-order chi connectivity index (χ1) is 14.1. The summed E-state index contributed by atoms with van der Waals surface area (Å²) in [6.45, 7) is 5.30. The number of hydrogen-bond donors (Lipinski definition) is 1. The van der Waals surface area contributed by atoms with E-state index in [2.05, 4.69) is 54.4 Å². The molecule has 1 saturated heterocycles. The van der Waals surface area contributed by atoms with Crippen molar-refractivity contribution >= 4 is 28.9 Å². The van der Waals surface area contributed by atoms with Gasteiger partial charge in [-0.15, -0.1) is 0 Å². The van der Waals surface area contributed by atoms with E-state index in [-0.39, 0.29) is 5.92 Å². The van der Waals surface area contributed by atoms with Gasteiger partial charge in [-0.3, -0.25) is 0 Å². The first kappa shape index (κ1) is 18.4. The monoisotopic (exact) mass is 404 g/mol. The van der Waals surface area contributed by atoms with E-state index >= 15 is 0 Å². The highest BCUT2D eigenvalue weighted by atomic mass is 35.5. The molecule has 2 aromatic carbocycles. The maximum absolute atomic E-state index is 6.16. The Morgan fingerprint density at radius 1 is 1.00 bits per heavy atom. The molecule has 1 aromatic heterocycles. The molecule has 1 N–H and O–H groups in total. The van der Waals surface area contributed by atoms with Gasteiger partial charge in [-0.05, 0) is 42.2 Å². The number of halogens is 1. The lowest BCUT2D eigenvalue weighted by atomic mass is 9.75. The highest BCUT2D eigenvalue weighted by molar-refractivity contribution is 6.30. The van der Waals surface area contributed by atoms with Crippen LogP contribution in [0, 0.1) is 0 Å². The van der Waals surface area contributed by atoms with Crippen LogP contribution in [0.5, 0.6) is 0 Å². The van der Waals surface area contributed by atoms with E-state index in [9.17, 15) is 0 Å². The Morgan fingerprint density at radius 2 is 1.83 bits per heavy atom. The SMILES string of the molecule is CC(C)c1nc(Nc2cccc(Cl)c2)cc(N2C[C@H]3CC[C@H]2c2ccccc23)n1. The first-order valence-corrected chi connectivity index (χ1v) is 10.7. The van der Waals surface area contributed by atoms with E-state index < -0.39 is 0 Å². The summed E-state index contributed by atoms with van der Waals surface area (Å²) in [4.78, 5) is 12.2. The molecule has 6 rings (SSSR count). The molecule has 0 amide bonds. The van der Waals surface area contributed by atoms with Gasteiger partial charge in [0.1, 0.15) is 17.5 Å². The average molecular weight is 405 g/mol. The fraction of sp³-hybridized carbons (Fsp3) is 0.333. The van der Waals surface area contributed by atoms with Gasteiger partial charge < -0.3 is 10.2 Å². The third-order valence-corrected chi connectivity index (χ3v) is 6.25. The van der Waals surface area contributed by atoms with E-state index in [0.29, 0.717) is 17.0 Å². The molecule has 1 fully saturated rings. The second kappa shape index (κ2) is 7.34. The summed E-state index contributed by atoms with van der Waals surface area (Å²) in [7, 11) is 0. The Morgan fingerprint density at radius 3 is 2.62 bits per heavy atom. The van der Waals surface area contributed by atoms with Gasteiger partial charge in [-0.1, -0.05) is 55.8 Å². The van der Waals surface area contributed by atoms with Crippen LogP contribution in [0.4, 0.5) is 17.3 Å². The van der Waals surface area contributed by atoms with Gasteiger partial charge in [0.2, 0.25) is 0 Å². The molecule has 0 unspecified atom stereocenters. The molecule has 29 heavy (non-hydrogen) atoms. The number of hydrogen-bond acceptors (Lipinski definition) is 4. The van der Waals surface area contributed by atoms with Crippen LogP contribution in [0.2, 0.25) is 5.02 Å². The third-order valence-electron chi connectivity index (χ3n) is 6.01. The lowest BCUT2D eigenvalue weighted by Crippen LogP contribution is -2.43. The van der Waals surface area contributed by atoms with Crippen LogP contribution in [0.25, 0.3) is 0 Å². The van der Waals surface area contributed by atoms with Crippen molar-refractivity contribution < 1.29 is 0 Å². The van der Waals surface area contributed by atoms with Gasteiger partial charge in [0, 0.05) is 35.2 Å². The van der Waals surface area contributed by atoms with Crippen LogP contribution in [-0.4, -0.2) is 16.5 Å². The molecular weight excluding hydrogens is 380 g/mol. The molecule has 0 spiro atoms. The standard InChI is InChI=1S/C24H25ClN4/c1-15(2)24-27-22(26-18-7-5-6-17(25)12-18)13-23(28-24)29-14-16-10-11-21(29)20-9-4-3-8-19(16)20/h3-9,12-13,15-16,21H,10-11,14H2,1-2H3,(H,26,27,28)/t16-,21+/m1/s1. The van der Waals surface area contributed by atoms with Gasteiger partial charge in [0.05, 0.1) is 6.04 Å². The molecule has 3 heterocycles. The Balaban J connectivity index is 1.53. The van der Waals surface area contributed by atoms with Crippen LogP contribution in [0.1, 0.15) is 61.5 Å². The minimum Gasteiger partial charge on any atom is -0.349 e. The van der Waals surface area contributed by atoms with Crippen molar-refractivity contribution in [3.8, 4) is 0 Å². The van der Waals surface area contributed by atoms with Gasteiger partial charge in [0.15, 0.2) is 0 Å². The molecule has 3 aliphatic rings. The zero-order valence-corrected chi connectivity index (χ0v) is 17.5. The summed E-state index contributed by atoms with van der Waals surface area (Å²) in [6, 6.07) is 19.1. The molecule has 2 aliphatic heterocycles. The van der Waals surface area contributed by atoms with Gasteiger partial charge >= 0.3 is 0 Å². The number of piperidine rings is 1. The fourth-order valence-electron chi connectivity index (χ4n) is 4.62. The van der Waals surface area contributed by atoms with Gasteiger partial charge in [-0.25, -0.2) is 9.97 Å². The molecule has 148 valence electrons. The van der Waals surface area contributed by atoms with Crippen molar-refractivity contribution in [3.63, 3.8) is 0 Å². The van der Waals surface area contributed by atoms with Gasteiger partial charge in [-0.2, -0.15) is 0 Å². The predicted octanol–water partition coefficient (Wildman–Crippen LogP) is 6.44. The normalized spacial score (nSPS) is 20.1. The number of aromatic nitrogens is 2. The van der Waals surface area contributed by atoms with Crippen molar-refractivity contribution in [1.82, 2.24) is 9.97 Å². The molecule has 4 nitrogen and oxygen atoms in total. The third kappa shape index (κ3) is 3.46. The lowest BCUT2D eigenvalue weighted by molar-refractivity contribution is 0.386. The predicted molar refractivity (Wildman–Crippen MR) is 119 cm³/mol. The number of nitrogens with zero attached hydrogens (tertiary/aromatic N) is 3. The van der Waals surface area contributed by atoms with E-state index in [1.54, 1.807) is 0 Å². The summed E-state index contributed by atoms with van der Waals surface area (Å²) in [5.41, 5.74) is 3.92. The number of rotatable bonds is 4. The summed E-state index contributed by atoms with van der Waals surface area (Å²) in [5, 5.41) is 4.13. The molecule has 5 heteroatoms. The molecule has 3 aromatic rings. The second-order valence-electron chi connectivity index (χ2n) is 8.33. The Hall–Kier alpha value is -2.59. The van der Waals surface area contributed by atoms with E-state index in [0.717, 1.165) is 29.7 Å². The molecular formula is C24H25ClN4. The van der Waals surface area contributed by atoms with Crippen molar-refractivity contribution in [2.45, 2.75) is 44.6 Å². The summed E-state index contributed by atoms with van der Waals surface area (Å²) >= 11 is 6.16. The Bertz CT molecular complexity index is 1050. The summed E-state index contributed by atoms with van der Waals surface area (Å²) < 4.78 is 0. The van der Waals surface area contributed by atoms with E-state index in [1.807, 2.05) is 24.3 Å². The lowest BCUT2D eigenvalue weighted by Gasteiger charge is -2.47. The zero-order chi connectivity index (χ0) is 20.0. The van der Waals surface area contributed by atoms with Crippen LogP contribution in [0.15, 0.2) is 54.6 Å². The van der Waals surface area contributed by atoms with Crippen molar-refractivity contribution in [2.75, 3.05) is 16.8 Å². The summed E-state index contributed by atoms with van der Waals surface area (Å²) in [5.74, 6) is 3.53. The quantitative estimate of drug-likeness (QED) is 0.543. The largest absolute Gasteiger partial charge is 0.349 e. The average Bonchev–Trinajstić information content (AvgIpc) is 2.74. The number of anilines is 3. The Kier molecular flexibility index (Phi) is 4.67. The molecule has 0 radical (unpaired) electrons. The van der Waals surface area contributed by atoms with Gasteiger partial charge in [0.25, 0.3) is 0 Å². The number of benzene rings is 2. The van der Waals surface area contributed by atoms with Crippen LogP contribution < -0.4 is 10.2 Å². The van der Waals surface area contributed by atoms with Crippen molar-refractivity contribution in [2.24, 2.45) is 0 Å². The topological polar surface area (TPSA) is 41.1 Å². The van der Waals surface area contributed by atoms with Crippen LogP contribution in [-0.2, 0) is 0 Å². The Labute approximate surface area is 177 Å². The zero-order valence-electron chi connectivity index (χ0n) is 16.8. The van der Waals surface area contributed by atoms with E-state index in [1.165, 1.54) is 24.0 Å². The van der Waals surface area contributed by atoms with Crippen LogP contribution >= 0.6 is 11.6 Å². The summed E-state index contributed by atoms with van der Waals surface area (Å²) in [6.07, 6.45) is 2.44. The second-order valence-corrected chi connectivity index (χ2v) is 8.77. The van der Waals surface area contributed by atoms with E-state index in [4.69, 9.17) is 21.6 Å². The molecule has 1 aliphatic carbocycles. The smallest absolute Gasteiger partial charge is 0.136 e. The first-order valence-electron chi connectivity index (χ1n) is 10.4. The maximum atomic E-state index is 6.16.